The van der Waals surface area contributed by atoms with E-state index in [9.17, 15) is 4.79 Å². The molecule has 0 saturated heterocycles. The highest BCUT2D eigenvalue weighted by molar-refractivity contribution is 6.30. The van der Waals surface area contributed by atoms with E-state index in [-0.39, 0.29) is 12.5 Å². The Hall–Kier alpha value is -2.98. The maximum absolute atomic E-state index is 12.7. The standard InChI is InChI=1S/C22H18ClNO3/c1-2-26-22(25)20-18(14-7-10-15(23)11-8-14)19-16-6-4-3-5-13(16)9-12-17(19)27-21(20)24/h3-12,18H,2,24H2,1H3. The molecule has 1 atom stereocenters. The van der Waals surface area contributed by atoms with Crippen LogP contribution in [0.5, 0.6) is 5.75 Å². The predicted molar refractivity (Wildman–Crippen MR) is 106 cm³/mol. The molecule has 0 spiro atoms. The quantitative estimate of drug-likeness (QED) is 0.667. The molecule has 0 aliphatic carbocycles. The molecule has 5 heteroatoms. The summed E-state index contributed by atoms with van der Waals surface area (Å²) in [6.45, 7) is 2.02. The number of fused-ring (bicyclic) bond motifs is 3. The van der Waals surface area contributed by atoms with Gasteiger partial charge in [0.2, 0.25) is 5.88 Å². The van der Waals surface area contributed by atoms with E-state index in [4.69, 9.17) is 26.8 Å². The molecule has 0 aromatic heterocycles. The van der Waals surface area contributed by atoms with Crippen LogP contribution in [0.25, 0.3) is 10.8 Å². The number of hydrogen-bond donors (Lipinski definition) is 1. The summed E-state index contributed by atoms with van der Waals surface area (Å²) in [5.41, 5.74) is 8.26. The summed E-state index contributed by atoms with van der Waals surface area (Å²) in [6.07, 6.45) is 0. The van der Waals surface area contributed by atoms with Gasteiger partial charge in [-0.25, -0.2) is 4.79 Å². The van der Waals surface area contributed by atoms with E-state index in [1.54, 1.807) is 19.1 Å². The Labute approximate surface area is 162 Å². The molecule has 0 amide bonds. The minimum Gasteiger partial charge on any atom is -0.462 e. The number of benzene rings is 3. The Morgan fingerprint density at radius 2 is 1.85 bits per heavy atom. The summed E-state index contributed by atoms with van der Waals surface area (Å²) < 4.78 is 11.1. The van der Waals surface area contributed by atoms with E-state index in [1.165, 1.54) is 0 Å². The van der Waals surface area contributed by atoms with Gasteiger partial charge in [0, 0.05) is 10.6 Å². The summed E-state index contributed by atoms with van der Waals surface area (Å²) >= 11 is 6.07. The van der Waals surface area contributed by atoms with Crippen molar-refractivity contribution in [3.63, 3.8) is 0 Å². The van der Waals surface area contributed by atoms with Gasteiger partial charge in [-0.05, 0) is 41.5 Å². The van der Waals surface area contributed by atoms with Crippen LogP contribution in [0.3, 0.4) is 0 Å². The van der Waals surface area contributed by atoms with Crippen molar-refractivity contribution in [2.24, 2.45) is 5.73 Å². The van der Waals surface area contributed by atoms with Gasteiger partial charge in [0.15, 0.2) is 0 Å². The molecule has 0 saturated carbocycles. The Balaban J connectivity index is 2.01. The summed E-state index contributed by atoms with van der Waals surface area (Å²) in [6, 6.07) is 19.3. The van der Waals surface area contributed by atoms with Gasteiger partial charge in [-0.3, -0.25) is 0 Å². The molecule has 3 aromatic carbocycles. The van der Waals surface area contributed by atoms with Gasteiger partial charge in [0.05, 0.1) is 12.5 Å². The lowest BCUT2D eigenvalue weighted by atomic mass is 9.80. The van der Waals surface area contributed by atoms with Gasteiger partial charge in [0.1, 0.15) is 11.3 Å². The fraction of sp³-hybridized carbons (Fsp3) is 0.136. The average molecular weight is 380 g/mol. The van der Waals surface area contributed by atoms with Gasteiger partial charge in [-0.1, -0.05) is 54.1 Å². The van der Waals surface area contributed by atoms with Gasteiger partial charge in [-0.15, -0.1) is 0 Å². The lowest BCUT2D eigenvalue weighted by Crippen LogP contribution is -2.27. The third kappa shape index (κ3) is 3.02. The van der Waals surface area contributed by atoms with E-state index < -0.39 is 11.9 Å². The van der Waals surface area contributed by atoms with Crippen LogP contribution in [0.4, 0.5) is 0 Å². The van der Waals surface area contributed by atoms with Gasteiger partial charge < -0.3 is 15.2 Å². The predicted octanol–water partition coefficient (Wildman–Crippen LogP) is 4.75. The molecular weight excluding hydrogens is 362 g/mol. The van der Waals surface area contributed by atoms with E-state index in [0.717, 1.165) is 21.9 Å². The van der Waals surface area contributed by atoms with Crippen molar-refractivity contribution >= 4 is 28.3 Å². The molecule has 27 heavy (non-hydrogen) atoms. The maximum Gasteiger partial charge on any atom is 0.340 e. The summed E-state index contributed by atoms with van der Waals surface area (Å²) in [5.74, 6) is -0.180. The lowest BCUT2D eigenvalue weighted by molar-refractivity contribution is -0.139. The Morgan fingerprint density at radius 3 is 2.59 bits per heavy atom. The van der Waals surface area contributed by atoms with E-state index in [2.05, 4.69) is 0 Å². The zero-order chi connectivity index (χ0) is 19.0. The van der Waals surface area contributed by atoms with Crippen LogP contribution < -0.4 is 10.5 Å². The first-order chi connectivity index (χ1) is 13.1. The second-order valence-electron chi connectivity index (χ2n) is 6.28. The molecule has 0 radical (unpaired) electrons. The molecule has 1 heterocycles. The molecule has 2 N–H and O–H groups in total. The highest BCUT2D eigenvalue weighted by Gasteiger charge is 2.36. The normalized spacial score (nSPS) is 16.0. The van der Waals surface area contributed by atoms with Crippen molar-refractivity contribution < 1.29 is 14.3 Å². The third-order valence-electron chi connectivity index (χ3n) is 4.69. The molecule has 1 unspecified atom stereocenters. The average Bonchev–Trinajstić information content (AvgIpc) is 2.67. The third-order valence-corrected chi connectivity index (χ3v) is 4.94. The number of hydrogen-bond acceptors (Lipinski definition) is 4. The molecule has 1 aliphatic rings. The van der Waals surface area contributed by atoms with Crippen LogP contribution in [0.15, 0.2) is 72.1 Å². The van der Waals surface area contributed by atoms with Crippen LogP contribution in [0.2, 0.25) is 5.02 Å². The van der Waals surface area contributed by atoms with Gasteiger partial charge in [0.25, 0.3) is 0 Å². The minimum atomic E-state index is -0.478. The number of halogens is 1. The zero-order valence-electron chi connectivity index (χ0n) is 14.7. The molecule has 4 rings (SSSR count). The summed E-state index contributed by atoms with van der Waals surface area (Å²) in [4.78, 5) is 12.7. The van der Waals surface area contributed by atoms with Crippen molar-refractivity contribution in [2.45, 2.75) is 12.8 Å². The van der Waals surface area contributed by atoms with Gasteiger partial charge in [-0.2, -0.15) is 0 Å². The Kier molecular flexibility index (Phi) is 4.50. The van der Waals surface area contributed by atoms with Crippen LogP contribution in [-0.2, 0) is 9.53 Å². The Bertz CT molecular complexity index is 1060. The number of rotatable bonds is 3. The highest BCUT2D eigenvalue weighted by atomic mass is 35.5. The summed E-state index contributed by atoms with van der Waals surface area (Å²) in [5, 5.41) is 2.69. The molecule has 4 nitrogen and oxygen atoms in total. The number of carbonyl (C=O) groups is 1. The first-order valence-corrected chi connectivity index (χ1v) is 9.09. The van der Waals surface area contributed by atoms with Gasteiger partial charge >= 0.3 is 5.97 Å². The van der Waals surface area contributed by atoms with Crippen LogP contribution >= 0.6 is 11.6 Å². The van der Waals surface area contributed by atoms with E-state index in [0.29, 0.717) is 16.3 Å². The molecule has 1 aliphatic heterocycles. The molecule has 3 aromatic rings. The maximum atomic E-state index is 12.7. The smallest absolute Gasteiger partial charge is 0.340 e. The number of ether oxygens (including phenoxy) is 2. The monoisotopic (exact) mass is 379 g/mol. The highest BCUT2D eigenvalue weighted by Crippen LogP contribution is 2.46. The fourth-order valence-corrected chi connectivity index (χ4v) is 3.66. The van der Waals surface area contributed by atoms with E-state index >= 15 is 0 Å². The zero-order valence-corrected chi connectivity index (χ0v) is 15.5. The summed E-state index contributed by atoms with van der Waals surface area (Å²) in [7, 11) is 0. The van der Waals surface area contributed by atoms with Crippen LogP contribution in [0, 0.1) is 0 Å². The van der Waals surface area contributed by atoms with Crippen molar-refractivity contribution in [2.75, 3.05) is 6.61 Å². The largest absolute Gasteiger partial charge is 0.462 e. The molecular formula is C22H18ClNO3. The van der Waals surface area contributed by atoms with Crippen molar-refractivity contribution in [3.05, 3.63) is 88.3 Å². The second-order valence-corrected chi connectivity index (χ2v) is 6.72. The van der Waals surface area contributed by atoms with Crippen LogP contribution in [0.1, 0.15) is 24.0 Å². The minimum absolute atomic E-state index is 0.0659. The first-order valence-electron chi connectivity index (χ1n) is 8.72. The second kappa shape index (κ2) is 6.97. The van der Waals surface area contributed by atoms with Crippen molar-refractivity contribution in [3.8, 4) is 5.75 Å². The van der Waals surface area contributed by atoms with Crippen LogP contribution in [-0.4, -0.2) is 12.6 Å². The lowest BCUT2D eigenvalue weighted by Gasteiger charge is -2.29. The molecule has 0 fully saturated rings. The number of nitrogens with two attached hydrogens (primary N) is 1. The van der Waals surface area contributed by atoms with E-state index in [1.807, 2.05) is 48.5 Å². The first kappa shape index (κ1) is 17.4. The topological polar surface area (TPSA) is 61.5 Å². The fourth-order valence-electron chi connectivity index (χ4n) is 3.54. The molecule has 0 bridgehead atoms. The Morgan fingerprint density at radius 1 is 1.11 bits per heavy atom. The molecule has 136 valence electrons. The number of carbonyl (C=O) groups excluding carboxylic acids is 1. The van der Waals surface area contributed by atoms with Crippen molar-refractivity contribution in [1.29, 1.82) is 0 Å². The SMILES string of the molecule is CCOC(=O)C1=C(N)Oc2ccc3ccccc3c2C1c1ccc(Cl)cc1. The number of esters is 1. The van der Waals surface area contributed by atoms with Crippen molar-refractivity contribution in [1.82, 2.24) is 0 Å².